The van der Waals surface area contributed by atoms with Crippen LogP contribution in [-0.2, 0) is 4.79 Å². The topological polar surface area (TPSA) is 67.3 Å². The van der Waals surface area contributed by atoms with Crippen molar-refractivity contribution >= 4 is 34.4 Å². The van der Waals surface area contributed by atoms with Gasteiger partial charge in [-0.05, 0) is 24.3 Å². The van der Waals surface area contributed by atoms with Crippen LogP contribution in [0.4, 0.5) is 5.69 Å². The van der Waals surface area contributed by atoms with Crippen LogP contribution in [0.25, 0.3) is 0 Å². The third-order valence-corrected chi connectivity index (χ3v) is 3.86. The summed E-state index contributed by atoms with van der Waals surface area (Å²) in [5.41, 5.74) is 0.834. The normalized spacial score (nSPS) is 13.5. The van der Waals surface area contributed by atoms with Gasteiger partial charge < -0.3 is 0 Å². The van der Waals surface area contributed by atoms with Crippen LogP contribution in [0, 0.1) is 0 Å². The Morgan fingerprint density at radius 1 is 1.10 bits per heavy atom. The van der Waals surface area contributed by atoms with Crippen molar-refractivity contribution < 1.29 is 14.4 Å². The highest BCUT2D eigenvalue weighted by Crippen LogP contribution is 2.35. The highest BCUT2D eigenvalue weighted by atomic mass is 32.2. The summed E-state index contributed by atoms with van der Waals surface area (Å²) in [6.45, 7) is 1.44. The smallest absolute Gasteiger partial charge is 0.284 e. The van der Waals surface area contributed by atoms with Crippen molar-refractivity contribution in [1.29, 1.82) is 0 Å². The number of hydrogen-bond donors (Lipinski definition) is 0. The highest BCUT2D eigenvalue weighted by Gasteiger charge is 2.38. The zero-order chi connectivity index (χ0) is 15.0. The molecule has 3 rings (SSSR count). The van der Waals surface area contributed by atoms with E-state index in [0.717, 1.165) is 16.7 Å². The molecule has 21 heavy (non-hydrogen) atoms. The summed E-state index contributed by atoms with van der Waals surface area (Å²) in [5, 5.41) is -0.114. The number of imide groups is 1. The SMILES string of the molecule is CC(=O)Sc1ccccc1N1C(=O)c2cccnc2C1=O. The van der Waals surface area contributed by atoms with E-state index in [9.17, 15) is 14.4 Å². The maximum absolute atomic E-state index is 12.4. The van der Waals surface area contributed by atoms with Gasteiger partial charge in [0.2, 0.25) is 0 Å². The highest BCUT2D eigenvalue weighted by molar-refractivity contribution is 8.13. The minimum Gasteiger partial charge on any atom is -0.287 e. The fourth-order valence-corrected chi connectivity index (χ4v) is 2.89. The molecule has 6 heteroatoms. The molecule has 104 valence electrons. The molecule has 1 aliphatic rings. The Labute approximate surface area is 125 Å². The molecule has 0 saturated heterocycles. The fourth-order valence-electron chi connectivity index (χ4n) is 2.17. The maximum atomic E-state index is 12.4. The first-order valence-electron chi connectivity index (χ1n) is 6.21. The quantitative estimate of drug-likeness (QED) is 0.629. The standard InChI is InChI=1S/C15H10N2O3S/c1-9(18)21-12-7-3-2-6-11(12)17-14(19)10-5-4-8-16-13(10)15(17)20/h2-8H,1H3. The summed E-state index contributed by atoms with van der Waals surface area (Å²) in [7, 11) is 0. The van der Waals surface area contributed by atoms with Crippen LogP contribution in [-0.4, -0.2) is 21.9 Å². The lowest BCUT2D eigenvalue weighted by Gasteiger charge is -2.16. The first kappa shape index (κ1) is 13.5. The van der Waals surface area contributed by atoms with Crippen molar-refractivity contribution in [2.75, 3.05) is 4.90 Å². The fraction of sp³-hybridized carbons (Fsp3) is 0.0667. The molecule has 0 saturated carbocycles. The zero-order valence-electron chi connectivity index (χ0n) is 11.1. The number of nitrogens with zero attached hydrogens (tertiary/aromatic N) is 2. The van der Waals surface area contributed by atoms with Gasteiger partial charge in [-0.25, -0.2) is 4.90 Å². The third kappa shape index (κ3) is 2.23. The summed E-state index contributed by atoms with van der Waals surface area (Å²) in [6, 6.07) is 10.0. The maximum Gasteiger partial charge on any atom is 0.284 e. The van der Waals surface area contributed by atoms with E-state index in [4.69, 9.17) is 0 Å². The molecular formula is C15H10N2O3S. The molecule has 0 bridgehead atoms. The molecule has 0 unspecified atom stereocenters. The molecular weight excluding hydrogens is 288 g/mol. The van der Waals surface area contributed by atoms with Crippen LogP contribution in [0.15, 0.2) is 47.5 Å². The molecule has 1 aromatic heterocycles. The summed E-state index contributed by atoms with van der Waals surface area (Å²) >= 11 is 0.989. The van der Waals surface area contributed by atoms with E-state index in [1.807, 2.05) is 0 Å². The van der Waals surface area contributed by atoms with Gasteiger partial charge in [-0.1, -0.05) is 23.9 Å². The predicted molar refractivity (Wildman–Crippen MR) is 78.4 cm³/mol. The van der Waals surface area contributed by atoms with Gasteiger partial charge in [-0.2, -0.15) is 0 Å². The van der Waals surface area contributed by atoms with Crippen LogP contribution in [0.2, 0.25) is 0 Å². The van der Waals surface area contributed by atoms with Gasteiger partial charge in [0.25, 0.3) is 11.8 Å². The monoisotopic (exact) mass is 298 g/mol. The van der Waals surface area contributed by atoms with E-state index < -0.39 is 11.8 Å². The van der Waals surface area contributed by atoms with Gasteiger partial charge in [0.15, 0.2) is 5.12 Å². The number of amides is 2. The van der Waals surface area contributed by atoms with Gasteiger partial charge in [-0.3, -0.25) is 19.4 Å². The van der Waals surface area contributed by atoms with Crippen LogP contribution >= 0.6 is 11.8 Å². The number of hydrogen-bond acceptors (Lipinski definition) is 5. The van der Waals surface area contributed by atoms with E-state index in [-0.39, 0.29) is 16.4 Å². The molecule has 0 spiro atoms. The number of benzene rings is 1. The lowest BCUT2D eigenvalue weighted by atomic mass is 10.2. The molecule has 0 atom stereocenters. The first-order chi connectivity index (χ1) is 10.1. The minimum absolute atomic E-state index is 0.114. The lowest BCUT2D eigenvalue weighted by molar-refractivity contribution is -0.109. The predicted octanol–water partition coefficient (Wildman–Crippen LogP) is 2.52. The second-order valence-electron chi connectivity index (χ2n) is 4.41. The number of rotatable bonds is 2. The van der Waals surface area contributed by atoms with Gasteiger partial charge in [0.1, 0.15) is 5.69 Å². The Hall–Kier alpha value is -2.47. The molecule has 0 fully saturated rings. The van der Waals surface area contributed by atoms with Crippen molar-refractivity contribution in [2.24, 2.45) is 0 Å². The third-order valence-electron chi connectivity index (χ3n) is 3.01. The Balaban J connectivity index is 2.09. The molecule has 2 heterocycles. The molecule has 0 radical (unpaired) electrons. The van der Waals surface area contributed by atoms with Crippen LogP contribution in [0.1, 0.15) is 27.8 Å². The number of fused-ring (bicyclic) bond motifs is 1. The van der Waals surface area contributed by atoms with Gasteiger partial charge in [0, 0.05) is 18.0 Å². The number of para-hydroxylation sites is 1. The number of anilines is 1. The molecule has 1 aliphatic heterocycles. The Bertz CT molecular complexity index is 738. The average molecular weight is 298 g/mol. The number of carbonyl (C=O) groups excluding carboxylic acids is 3. The van der Waals surface area contributed by atoms with Gasteiger partial charge in [0.05, 0.1) is 11.3 Å². The van der Waals surface area contributed by atoms with E-state index in [2.05, 4.69) is 4.98 Å². The second kappa shape index (κ2) is 5.14. The summed E-state index contributed by atoms with van der Waals surface area (Å²) in [6.07, 6.45) is 1.48. The van der Waals surface area contributed by atoms with Crippen LogP contribution < -0.4 is 4.90 Å². The second-order valence-corrected chi connectivity index (χ2v) is 5.63. The van der Waals surface area contributed by atoms with Crippen molar-refractivity contribution in [2.45, 2.75) is 11.8 Å². The molecule has 5 nitrogen and oxygen atoms in total. The summed E-state index contributed by atoms with van der Waals surface area (Å²) in [5.74, 6) is -0.882. The number of carbonyl (C=O) groups is 3. The first-order valence-corrected chi connectivity index (χ1v) is 7.02. The van der Waals surface area contributed by atoms with Crippen molar-refractivity contribution in [3.05, 3.63) is 53.9 Å². The van der Waals surface area contributed by atoms with E-state index >= 15 is 0 Å². The largest absolute Gasteiger partial charge is 0.287 e. The molecule has 2 aromatic rings. The van der Waals surface area contributed by atoms with E-state index in [0.29, 0.717) is 10.6 Å². The molecule has 0 N–H and O–H groups in total. The van der Waals surface area contributed by atoms with Crippen molar-refractivity contribution in [3.63, 3.8) is 0 Å². The molecule has 1 aromatic carbocycles. The number of aromatic nitrogens is 1. The summed E-state index contributed by atoms with van der Waals surface area (Å²) in [4.78, 5) is 41.7. The van der Waals surface area contributed by atoms with Crippen LogP contribution in [0.3, 0.4) is 0 Å². The Kier molecular flexibility index (Phi) is 3.31. The minimum atomic E-state index is -0.466. The average Bonchev–Trinajstić information content (AvgIpc) is 2.72. The lowest BCUT2D eigenvalue weighted by Crippen LogP contribution is -2.30. The van der Waals surface area contributed by atoms with E-state index in [1.54, 1.807) is 36.4 Å². The van der Waals surface area contributed by atoms with E-state index in [1.165, 1.54) is 13.1 Å². The number of pyridine rings is 1. The van der Waals surface area contributed by atoms with Crippen molar-refractivity contribution in [1.82, 2.24) is 4.98 Å². The Morgan fingerprint density at radius 3 is 2.57 bits per heavy atom. The zero-order valence-corrected chi connectivity index (χ0v) is 11.9. The molecule has 0 aliphatic carbocycles. The number of thioether (sulfide) groups is 1. The Morgan fingerprint density at radius 2 is 1.86 bits per heavy atom. The molecule has 2 amide bonds. The van der Waals surface area contributed by atoms with Crippen LogP contribution in [0.5, 0.6) is 0 Å². The van der Waals surface area contributed by atoms with Gasteiger partial charge in [-0.15, -0.1) is 0 Å². The van der Waals surface area contributed by atoms with Gasteiger partial charge >= 0.3 is 0 Å². The summed E-state index contributed by atoms with van der Waals surface area (Å²) < 4.78 is 0. The van der Waals surface area contributed by atoms with Crippen molar-refractivity contribution in [3.8, 4) is 0 Å².